The molecule has 1 aliphatic rings. The zero-order valence-corrected chi connectivity index (χ0v) is 14.3. The first-order valence-corrected chi connectivity index (χ1v) is 7.68. The van der Waals surface area contributed by atoms with Crippen LogP contribution >= 0.6 is 15.9 Å². The summed E-state index contributed by atoms with van der Waals surface area (Å²) in [6, 6.07) is 3.58. The molecule has 0 spiro atoms. The fourth-order valence-electron chi connectivity index (χ4n) is 1.93. The van der Waals surface area contributed by atoms with Crippen LogP contribution in [0.25, 0.3) is 0 Å². The molecule has 1 heterocycles. The fourth-order valence-corrected chi connectivity index (χ4v) is 2.27. The van der Waals surface area contributed by atoms with Crippen molar-refractivity contribution in [3.63, 3.8) is 0 Å². The van der Waals surface area contributed by atoms with Gasteiger partial charge in [0.15, 0.2) is 0 Å². The minimum atomic E-state index is -5.08. The number of benzene rings is 1. The standard InChI is InChI=1S/C12H13BrF3NO.C2HF3O2/c1-7-10(4-5-17-7)18-11-6-8(12(14,15)16)2-3-9(11)13;3-2(4,5)1(6)7/h2-3,6-7,10,17H,4-5H2,1H3;(H,6,7). The van der Waals surface area contributed by atoms with Crippen molar-refractivity contribution in [2.45, 2.75) is 37.8 Å². The van der Waals surface area contributed by atoms with Crippen LogP contribution in [-0.2, 0) is 11.0 Å². The van der Waals surface area contributed by atoms with Gasteiger partial charge in [-0.1, -0.05) is 0 Å². The quantitative estimate of drug-likeness (QED) is 0.679. The molecule has 0 aromatic heterocycles. The summed E-state index contributed by atoms with van der Waals surface area (Å²) in [4.78, 5) is 8.90. The van der Waals surface area contributed by atoms with Gasteiger partial charge in [-0.3, -0.25) is 0 Å². The molecule has 142 valence electrons. The van der Waals surface area contributed by atoms with Gasteiger partial charge in [0.2, 0.25) is 0 Å². The van der Waals surface area contributed by atoms with Crippen molar-refractivity contribution < 1.29 is 41.0 Å². The zero-order chi connectivity index (χ0) is 19.4. The molecule has 2 unspecified atom stereocenters. The van der Waals surface area contributed by atoms with E-state index in [4.69, 9.17) is 14.6 Å². The monoisotopic (exact) mass is 437 g/mol. The van der Waals surface area contributed by atoms with Crippen LogP contribution in [0.1, 0.15) is 18.9 Å². The normalized spacial score (nSPS) is 20.6. The number of rotatable bonds is 2. The third-order valence-corrected chi connectivity index (χ3v) is 3.89. The highest BCUT2D eigenvalue weighted by Crippen LogP contribution is 2.36. The van der Waals surface area contributed by atoms with Gasteiger partial charge in [0.1, 0.15) is 11.9 Å². The lowest BCUT2D eigenvalue weighted by Gasteiger charge is -2.19. The number of halogens is 7. The predicted molar refractivity (Wildman–Crippen MR) is 79.3 cm³/mol. The van der Waals surface area contributed by atoms with Crippen LogP contribution in [0.5, 0.6) is 5.75 Å². The molecular weight excluding hydrogens is 424 g/mol. The van der Waals surface area contributed by atoms with Gasteiger partial charge in [-0.15, -0.1) is 0 Å². The molecule has 0 amide bonds. The second kappa shape index (κ2) is 8.26. The van der Waals surface area contributed by atoms with E-state index < -0.39 is 23.9 Å². The number of aliphatic carboxylic acids is 1. The molecule has 11 heteroatoms. The van der Waals surface area contributed by atoms with Crippen LogP contribution in [0.15, 0.2) is 22.7 Å². The summed E-state index contributed by atoms with van der Waals surface area (Å²) in [5.74, 6) is -2.52. The molecule has 2 N–H and O–H groups in total. The number of carboxylic acid groups (broad SMARTS) is 1. The van der Waals surface area contributed by atoms with Crippen molar-refractivity contribution >= 4 is 21.9 Å². The highest BCUT2D eigenvalue weighted by atomic mass is 79.9. The van der Waals surface area contributed by atoms with E-state index in [1.165, 1.54) is 6.07 Å². The van der Waals surface area contributed by atoms with Crippen molar-refractivity contribution in [3.05, 3.63) is 28.2 Å². The molecule has 1 aromatic carbocycles. The SMILES string of the molecule is CC1NCCC1Oc1cc(C(F)(F)F)ccc1Br.O=C(O)C(F)(F)F. The summed E-state index contributed by atoms with van der Waals surface area (Å²) in [7, 11) is 0. The summed E-state index contributed by atoms with van der Waals surface area (Å²) >= 11 is 3.21. The van der Waals surface area contributed by atoms with Crippen molar-refractivity contribution in [3.8, 4) is 5.75 Å². The number of ether oxygens (including phenoxy) is 1. The van der Waals surface area contributed by atoms with Crippen LogP contribution in [0.2, 0.25) is 0 Å². The molecule has 0 radical (unpaired) electrons. The van der Waals surface area contributed by atoms with E-state index in [-0.39, 0.29) is 17.9 Å². The van der Waals surface area contributed by atoms with Gasteiger partial charge in [-0.25, -0.2) is 4.79 Å². The average Bonchev–Trinajstić information content (AvgIpc) is 2.85. The predicted octanol–water partition coefficient (Wildman–Crippen LogP) is 4.23. The molecule has 0 bridgehead atoms. The van der Waals surface area contributed by atoms with E-state index in [1.54, 1.807) is 0 Å². The smallest absolute Gasteiger partial charge is 0.488 e. The second-order valence-electron chi connectivity index (χ2n) is 5.13. The Bertz CT molecular complexity index is 605. The summed E-state index contributed by atoms with van der Waals surface area (Å²) in [5.41, 5.74) is -0.695. The van der Waals surface area contributed by atoms with Gasteiger partial charge < -0.3 is 15.2 Å². The minimum Gasteiger partial charge on any atom is -0.488 e. The van der Waals surface area contributed by atoms with Crippen LogP contribution in [0.4, 0.5) is 26.3 Å². The molecule has 4 nitrogen and oxygen atoms in total. The lowest BCUT2D eigenvalue weighted by molar-refractivity contribution is -0.192. The average molecular weight is 438 g/mol. The number of nitrogens with one attached hydrogen (secondary N) is 1. The van der Waals surface area contributed by atoms with Crippen molar-refractivity contribution in [2.75, 3.05) is 6.54 Å². The fraction of sp³-hybridized carbons (Fsp3) is 0.500. The highest BCUT2D eigenvalue weighted by Gasteiger charge is 2.38. The van der Waals surface area contributed by atoms with E-state index in [1.807, 2.05) is 6.92 Å². The largest absolute Gasteiger partial charge is 0.490 e. The Labute approximate surface area is 147 Å². The number of carboxylic acids is 1. The molecule has 2 rings (SSSR count). The Morgan fingerprint density at radius 3 is 2.24 bits per heavy atom. The number of hydrogen-bond acceptors (Lipinski definition) is 3. The summed E-state index contributed by atoms with van der Waals surface area (Å²) < 4.78 is 75.7. The van der Waals surface area contributed by atoms with E-state index in [2.05, 4.69) is 21.2 Å². The summed E-state index contributed by atoms with van der Waals surface area (Å²) in [6.45, 7) is 2.78. The van der Waals surface area contributed by atoms with Gasteiger partial charge in [-0.2, -0.15) is 26.3 Å². The Morgan fingerprint density at radius 2 is 1.84 bits per heavy atom. The minimum absolute atomic E-state index is 0.0928. The topological polar surface area (TPSA) is 58.6 Å². The maximum atomic E-state index is 12.6. The molecule has 1 aliphatic heterocycles. The molecule has 1 saturated heterocycles. The molecule has 1 aromatic rings. The van der Waals surface area contributed by atoms with E-state index in [9.17, 15) is 26.3 Å². The first kappa shape index (κ1) is 21.6. The van der Waals surface area contributed by atoms with Crippen molar-refractivity contribution in [2.24, 2.45) is 0 Å². The Morgan fingerprint density at radius 1 is 1.28 bits per heavy atom. The molecule has 25 heavy (non-hydrogen) atoms. The van der Waals surface area contributed by atoms with E-state index in [0.717, 1.165) is 25.1 Å². The second-order valence-corrected chi connectivity index (χ2v) is 5.99. The maximum Gasteiger partial charge on any atom is 0.490 e. The van der Waals surface area contributed by atoms with Crippen LogP contribution in [0.3, 0.4) is 0 Å². The molecule has 1 fully saturated rings. The summed E-state index contributed by atoms with van der Waals surface area (Å²) in [6.07, 6.45) is -8.73. The third kappa shape index (κ3) is 6.73. The number of alkyl halides is 6. The Hall–Kier alpha value is -1.49. The lowest BCUT2D eigenvalue weighted by Crippen LogP contribution is -2.30. The molecule has 0 aliphatic carbocycles. The van der Waals surface area contributed by atoms with Crippen LogP contribution < -0.4 is 10.1 Å². The van der Waals surface area contributed by atoms with Crippen LogP contribution in [0, 0.1) is 0 Å². The number of hydrogen-bond donors (Lipinski definition) is 2. The Balaban J connectivity index is 0.000000381. The highest BCUT2D eigenvalue weighted by molar-refractivity contribution is 9.10. The lowest BCUT2D eigenvalue weighted by atomic mass is 10.2. The van der Waals surface area contributed by atoms with Crippen LogP contribution in [-0.4, -0.2) is 35.9 Å². The van der Waals surface area contributed by atoms with Gasteiger partial charge >= 0.3 is 18.3 Å². The summed E-state index contributed by atoms with van der Waals surface area (Å²) in [5, 5.41) is 10.3. The first-order chi connectivity index (χ1) is 11.3. The van der Waals surface area contributed by atoms with Gasteiger partial charge in [-0.05, 0) is 54.0 Å². The van der Waals surface area contributed by atoms with E-state index >= 15 is 0 Å². The van der Waals surface area contributed by atoms with Gasteiger partial charge in [0.25, 0.3) is 0 Å². The van der Waals surface area contributed by atoms with Crippen molar-refractivity contribution in [1.29, 1.82) is 0 Å². The third-order valence-electron chi connectivity index (χ3n) is 3.23. The van der Waals surface area contributed by atoms with Gasteiger partial charge in [0, 0.05) is 6.04 Å². The zero-order valence-electron chi connectivity index (χ0n) is 12.7. The number of carbonyl (C=O) groups is 1. The molecule has 0 saturated carbocycles. The van der Waals surface area contributed by atoms with E-state index in [0.29, 0.717) is 4.47 Å². The first-order valence-electron chi connectivity index (χ1n) is 6.89. The van der Waals surface area contributed by atoms with Gasteiger partial charge in [0.05, 0.1) is 10.0 Å². The molecular formula is C14H14BrF6NO3. The Kier molecular flexibility index (Phi) is 7.12. The molecule has 2 atom stereocenters. The maximum absolute atomic E-state index is 12.6. The van der Waals surface area contributed by atoms with Crippen molar-refractivity contribution in [1.82, 2.24) is 5.32 Å².